The van der Waals surface area contributed by atoms with Gasteiger partial charge in [-0.05, 0) is 50.6 Å². The third-order valence-corrected chi connectivity index (χ3v) is 3.35. The van der Waals surface area contributed by atoms with Crippen molar-refractivity contribution in [2.45, 2.75) is 60.4 Å². The van der Waals surface area contributed by atoms with Gasteiger partial charge in [0.25, 0.3) is 0 Å². The molecule has 0 aromatic heterocycles. The Labute approximate surface area is 109 Å². The van der Waals surface area contributed by atoms with Gasteiger partial charge in [0.2, 0.25) is 0 Å². The topological polar surface area (TPSA) is 29.3 Å². The lowest BCUT2D eigenvalue weighted by Crippen LogP contribution is -2.38. The van der Waals surface area contributed by atoms with Gasteiger partial charge < -0.3 is 10.6 Å². The van der Waals surface area contributed by atoms with Crippen LogP contribution in [0.15, 0.2) is 0 Å². The molecule has 0 saturated carbocycles. The molecule has 0 heterocycles. The van der Waals surface area contributed by atoms with E-state index in [1.165, 1.54) is 12.8 Å². The van der Waals surface area contributed by atoms with Crippen LogP contribution in [0.1, 0.15) is 54.4 Å². The summed E-state index contributed by atoms with van der Waals surface area (Å²) in [5.41, 5.74) is 6.28. The van der Waals surface area contributed by atoms with E-state index in [0.29, 0.717) is 17.4 Å². The second kappa shape index (κ2) is 7.38. The zero-order valence-electron chi connectivity index (χ0n) is 13.1. The largest absolute Gasteiger partial charge is 0.330 e. The Morgan fingerprint density at radius 3 is 2.00 bits per heavy atom. The highest BCUT2D eigenvalue weighted by molar-refractivity contribution is 4.75. The summed E-state index contributed by atoms with van der Waals surface area (Å²) >= 11 is 0. The molecule has 0 fully saturated rings. The van der Waals surface area contributed by atoms with Crippen molar-refractivity contribution in [1.82, 2.24) is 4.90 Å². The SMILES string of the molecule is CC(C)CC(C)N(C)CC(CN)CC(C)(C)C. The van der Waals surface area contributed by atoms with Gasteiger partial charge in [-0.2, -0.15) is 0 Å². The molecule has 104 valence electrons. The van der Waals surface area contributed by atoms with E-state index in [1.807, 2.05) is 0 Å². The molecule has 2 nitrogen and oxygen atoms in total. The van der Waals surface area contributed by atoms with E-state index in [4.69, 9.17) is 5.73 Å². The molecule has 0 rings (SSSR count). The van der Waals surface area contributed by atoms with Crippen molar-refractivity contribution in [2.75, 3.05) is 20.1 Å². The number of nitrogens with two attached hydrogens (primary N) is 1. The monoisotopic (exact) mass is 242 g/mol. The van der Waals surface area contributed by atoms with Crippen LogP contribution >= 0.6 is 0 Å². The Bertz CT molecular complexity index is 194. The lowest BCUT2D eigenvalue weighted by atomic mass is 9.84. The Morgan fingerprint density at radius 1 is 1.12 bits per heavy atom. The summed E-state index contributed by atoms with van der Waals surface area (Å²) in [6.45, 7) is 15.7. The molecule has 0 radical (unpaired) electrons. The third kappa shape index (κ3) is 8.62. The van der Waals surface area contributed by atoms with E-state index in [0.717, 1.165) is 19.0 Å². The molecule has 0 aromatic rings. The van der Waals surface area contributed by atoms with Gasteiger partial charge in [0, 0.05) is 12.6 Å². The summed E-state index contributed by atoms with van der Waals surface area (Å²) in [4.78, 5) is 2.48. The molecule has 2 heteroatoms. The average Bonchev–Trinajstić information content (AvgIpc) is 2.13. The Morgan fingerprint density at radius 2 is 1.65 bits per heavy atom. The molecule has 0 aliphatic heterocycles. The normalized spacial score (nSPS) is 16.6. The maximum atomic E-state index is 5.90. The maximum absolute atomic E-state index is 5.90. The first-order valence-electron chi connectivity index (χ1n) is 7.06. The second-order valence-electron chi connectivity index (χ2n) is 7.28. The van der Waals surface area contributed by atoms with Crippen LogP contribution in [-0.4, -0.2) is 31.1 Å². The Hall–Kier alpha value is -0.0800. The van der Waals surface area contributed by atoms with E-state index >= 15 is 0 Å². The van der Waals surface area contributed by atoms with Crippen LogP contribution in [0.25, 0.3) is 0 Å². The molecule has 17 heavy (non-hydrogen) atoms. The van der Waals surface area contributed by atoms with Crippen LogP contribution in [0.5, 0.6) is 0 Å². The van der Waals surface area contributed by atoms with Crippen molar-refractivity contribution in [3.05, 3.63) is 0 Å². The van der Waals surface area contributed by atoms with E-state index in [2.05, 4.69) is 53.5 Å². The molecule has 0 aromatic carbocycles. The summed E-state index contributed by atoms with van der Waals surface area (Å²) in [7, 11) is 2.23. The minimum atomic E-state index is 0.381. The van der Waals surface area contributed by atoms with Crippen molar-refractivity contribution in [3.8, 4) is 0 Å². The van der Waals surface area contributed by atoms with E-state index in [1.54, 1.807) is 0 Å². The van der Waals surface area contributed by atoms with Gasteiger partial charge in [-0.3, -0.25) is 0 Å². The standard InChI is InChI=1S/C15H34N2/c1-12(2)8-13(3)17(7)11-14(10-16)9-15(4,5)6/h12-14H,8-11,16H2,1-7H3. The van der Waals surface area contributed by atoms with Crippen molar-refractivity contribution in [1.29, 1.82) is 0 Å². The second-order valence-corrected chi connectivity index (χ2v) is 7.28. The van der Waals surface area contributed by atoms with Gasteiger partial charge in [0.05, 0.1) is 0 Å². The Kier molecular flexibility index (Phi) is 7.34. The van der Waals surface area contributed by atoms with Crippen molar-refractivity contribution in [2.24, 2.45) is 23.0 Å². The van der Waals surface area contributed by atoms with Crippen LogP contribution in [0.3, 0.4) is 0 Å². The molecule has 2 atom stereocenters. The van der Waals surface area contributed by atoms with Crippen molar-refractivity contribution < 1.29 is 0 Å². The fourth-order valence-corrected chi connectivity index (χ4v) is 2.54. The summed E-state index contributed by atoms with van der Waals surface area (Å²) in [6, 6.07) is 0.656. The van der Waals surface area contributed by atoms with Crippen LogP contribution in [-0.2, 0) is 0 Å². The van der Waals surface area contributed by atoms with Crippen LogP contribution in [0.4, 0.5) is 0 Å². The van der Waals surface area contributed by atoms with E-state index in [9.17, 15) is 0 Å². The molecular weight excluding hydrogens is 208 g/mol. The summed E-state index contributed by atoms with van der Waals surface area (Å²) in [5.74, 6) is 1.39. The van der Waals surface area contributed by atoms with Gasteiger partial charge in [0.1, 0.15) is 0 Å². The van der Waals surface area contributed by atoms with Gasteiger partial charge in [0.15, 0.2) is 0 Å². The first-order valence-corrected chi connectivity index (χ1v) is 7.06. The molecule has 2 unspecified atom stereocenters. The van der Waals surface area contributed by atoms with E-state index < -0.39 is 0 Å². The fraction of sp³-hybridized carbons (Fsp3) is 1.00. The van der Waals surface area contributed by atoms with Gasteiger partial charge >= 0.3 is 0 Å². The van der Waals surface area contributed by atoms with Gasteiger partial charge in [-0.15, -0.1) is 0 Å². The molecule has 0 bridgehead atoms. The quantitative estimate of drug-likeness (QED) is 0.742. The number of hydrogen-bond acceptors (Lipinski definition) is 2. The lowest BCUT2D eigenvalue weighted by molar-refractivity contribution is 0.171. The highest BCUT2D eigenvalue weighted by atomic mass is 15.1. The van der Waals surface area contributed by atoms with Gasteiger partial charge in [-0.25, -0.2) is 0 Å². The van der Waals surface area contributed by atoms with Gasteiger partial charge in [-0.1, -0.05) is 34.6 Å². The predicted molar refractivity (Wildman–Crippen MR) is 78.2 cm³/mol. The van der Waals surface area contributed by atoms with Crippen LogP contribution < -0.4 is 5.73 Å². The molecule has 0 amide bonds. The summed E-state index contributed by atoms with van der Waals surface area (Å²) in [5, 5.41) is 0. The number of nitrogens with zero attached hydrogens (tertiary/aromatic N) is 1. The lowest BCUT2D eigenvalue weighted by Gasteiger charge is -2.32. The third-order valence-electron chi connectivity index (χ3n) is 3.35. The van der Waals surface area contributed by atoms with Crippen LogP contribution in [0, 0.1) is 17.3 Å². The number of hydrogen-bond donors (Lipinski definition) is 1. The minimum Gasteiger partial charge on any atom is -0.330 e. The Balaban J connectivity index is 4.18. The first kappa shape index (κ1) is 16.9. The van der Waals surface area contributed by atoms with Crippen molar-refractivity contribution >= 4 is 0 Å². The number of rotatable bonds is 7. The molecule has 0 aliphatic carbocycles. The molecule has 0 spiro atoms. The maximum Gasteiger partial charge on any atom is 0.00664 e. The molecular formula is C15H34N2. The van der Waals surface area contributed by atoms with Crippen molar-refractivity contribution in [3.63, 3.8) is 0 Å². The summed E-state index contributed by atoms with van der Waals surface area (Å²) < 4.78 is 0. The first-order chi connectivity index (χ1) is 7.65. The summed E-state index contributed by atoms with van der Waals surface area (Å²) in [6.07, 6.45) is 2.48. The van der Waals surface area contributed by atoms with Crippen LogP contribution in [0.2, 0.25) is 0 Å². The highest BCUT2D eigenvalue weighted by Crippen LogP contribution is 2.25. The molecule has 0 aliphatic rings. The minimum absolute atomic E-state index is 0.381. The fourth-order valence-electron chi connectivity index (χ4n) is 2.54. The van der Waals surface area contributed by atoms with E-state index in [-0.39, 0.29) is 0 Å². The zero-order chi connectivity index (χ0) is 13.6. The zero-order valence-corrected chi connectivity index (χ0v) is 13.1. The predicted octanol–water partition coefficient (Wildman–Crippen LogP) is 3.36. The molecule has 0 saturated heterocycles. The smallest absolute Gasteiger partial charge is 0.00664 e. The highest BCUT2D eigenvalue weighted by Gasteiger charge is 2.21. The molecule has 2 N–H and O–H groups in total. The average molecular weight is 242 g/mol.